The third-order valence-electron chi connectivity index (χ3n) is 3.93. The number of anilines is 1. The van der Waals surface area contributed by atoms with Crippen LogP contribution >= 0.6 is 11.6 Å². The fraction of sp³-hybridized carbons (Fsp3) is 0.571. The van der Waals surface area contributed by atoms with Crippen molar-refractivity contribution in [3.63, 3.8) is 0 Å². The van der Waals surface area contributed by atoms with Gasteiger partial charge in [0.25, 0.3) is 0 Å². The molecule has 0 saturated carbocycles. The first-order valence-electron chi connectivity index (χ1n) is 6.75. The molecule has 98 valence electrons. The van der Waals surface area contributed by atoms with Crippen LogP contribution in [0.2, 0.25) is 5.02 Å². The summed E-state index contributed by atoms with van der Waals surface area (Å²) in [6, 6.07) is 8.18. The number of hydrogen-bond acceptors (Lipinski definition) is 3. The molecule has 0 aliphatic carbocycles. The van der Waals surface area contributed by atoms with Gasteiger partial charge in [0.1, 0.15) is 0 Å². The standard InChI is InChI=1S/C14H20ClN3/c15-13-2-1-3-14(8-13)18-6-4-17(5-7-18)11-12-9-16-10-12/h1-3,8,12,16H,4-7,9-11H2. The Labute approximate surface area is 114 Å². The molecule has 3 rings (SSSR count). The molecule has 1 N–H and O–H groups in total. The largest absolute Gasteiger partial charge is 0.369 e. The molecule has 1 aromatic carbocycles. The maximum Gasteiger partial charge on any atom is 0.0426 e. The molecule has 2 aliphatic heterocycles. The van der Waals surface area contributed by atoms with Crippen molar-refractivity contribution < 1.29 is 0 Å². The number of piperazine rings is 1. The van der Waals surface area contributed by atoms with Crippen LogP contribution < -0.4 is 10.2 Å². The number of nitrogens with zero attached hydrogens (tertiary/aromatic N) is 2. The molecular weight excluding hydrogens is 246 g/mol. The van der Waals surface area contributed by atoms with E-state index in [1.165, 1.54) is 38.4 Å². The van der Waals surface area contributed by atoms with Crippen LogP contribution in [0.3, 0.4) is 0 Å². The fourth-order valence-corrected chi connectivity index (χ4v) is 2.89. The van der Waals surface area contributed by atoms with Gasteiger partial charge in [-0.25, -0.2) is 0 Å². The lowest BCUT2D eigenvalue weighted by Gasteiger charge is -2.39. The fourth-order valence-electron chi connectivity index (χ4n) is 2.70. The highest BCUT2D eigenvalue weighted by Crippen LogP contribution is 2.21. The molecule has 0 unspecified atom stereocenters. The molecule has 1 aromatic rings. The van der Waals surface area contributed by atoms with Gasteiger partial charge in [-0.1, -0.05) is 17.7 Å². The molecule has 2 saturated heterocycles. The molecule has 0 atom stereocenters. The van der Waals surface area contributed by atoms with Gasteiger partial charge < -0.3 is 10.2 Å². The molecule has 4 heteroatoms. The lowest BCUT2D eigenvalue weighted by molar-refractivity contribution is 0.184. The average Bonchev–Trinajstić information content (AvgIpc) is 2.35. The predicted molar refractivity (Wildman–Crippen MR) is 76.5 cm³/mol. The second-order valence-electron chi connectivity index (χ2n) is 5.29. The van der Waals surface area contributed by atoms with Crippen molar-refractivity contribution in [3.05, 3.63) is 29.3 Å². The van der Waals surface area contributed by atoms with Crippen molar-refractivity contribution in [2.75, 3.05) is 50.7 Å². The van der Waals surface area contributed by atoms with Crippen LogP contribution in [0.4, 0.5) is 5.69 Å². The predicted octanol–water partition coefficient (Wildman–Crippen LogP) is 1.68. The monoisotopic (exact) mass is 265 g/mol. The third kappa shape index (κ3) is 2.79. The van der Waals surface area contributed by atoms with Gasteiger partial charge in [-0.2, -0.15) is 0 Å². The van der Waals surface area contributed by atoms with E-state index >= 15 is 0 Å². The van der Waals surface area contributed by atoms with E-state index in [9.17, 15) is 0 Å². The summed E-state index contributed by atoms with van der Waals surface area (Å²) < 4.78 is 0. The van der Waals surface area contributed by atoms with Gasteiger partial charge in [-0.3, -0.25) is 4.90 Å². The van der Waals surface area contributed by atoms with Crippen molar-refractivity contribution in [2.45, 2.75) is 0 Å². The second-order valence-corrected chi connectivity index (χ2v) is 5.73. The minimum absolute atomic E-state index is 0.829. The average molecular weight is 266 g/mol. The minimum Gasteiger partial charge on any atom is -0.369 e. The van der Waals surface area contributed by atoms with Crippen LogP contribution in [-0.2, 0) is 0 Å². The van der Waals surface area contributed by atoms with E-state index in [0.29, 0.717) is 0 Å². The summed E-state index contributed by atoms with van der Waals surface area (Å²) in [7, 11) is 0. The van der Waals surface area contributed by atoms with Gasteiger partial charge in [0.15, 0.2) is 0 Å². The van der Waals surface area contributed by atoms with Crippen LogP contribution in [0.15, 0.2) is 24.3 Å². The van der Waals surface area contributed by atoms with E-state index in [-0.39, 0.29) is 0 Å². The quantitative estimate of drug-likeness (QED) is 0.897. The first-order valence-corrected chi connectivity index (χ1v) is 7.12. The topological polar surface area (TPSA) is 18.5 Å². The van der Waals surface area contributed by atoms with Crippen LogP contribution in [-0.4, -0.2) is 50.7 Å². The maximum absolute atomic E-state index is 6.04. The molecule has 0 bridgehead atoms. The smallest absolute Gasteiger partial charge is 0.0426 e. The number of nitrogens with one attached hydrogen (secondary N) is 1. The highest BCUT2D eigenvalue weighted by molar-refractivity contribution is 6.30. The zero-order valence-corrected chi connectivity index (χ0v) is 11.4. The van der Waals surface area contributed by atoms with Crippen molar-refractivity contribution in [1.82, 2.24) is 10.2 Å². The normalized spacial score (nSPS) is 21.9. The zero-order chi connectivity index (χ0) is 12.4. The molecule has 18 heavy (non-hydrogen) atoms. The number of benzene rings is 1. The molecule has 2 heterocycles. The molecule has 0 radical (unpaired) electrons. The van der Waals surface area contributed by atoms with Gasteiger partial charge in [0.05, 0.1) is 0 Å². The number of hydrogen-bond donors (Lipinski definition) is 1. The second kappa shape index (κ2) is 5.47. The highest BCUT2D eigenvalue weighted by atomic mass is 35.5. The Kier molecular flexibility index (Phi) is 3.73. The minimum atomic E-state index is 0.829. The van der Waals surface area contributed by atoms with Crippen molar-refractivity contribution in [1.29, 1.82) is 0 Å². The third-order valence-corrected chi connectivity index (χ3v) is 4.16. The Morgan fingerprint density at radius 3 is 2.56 bits per heavy atom. The first-order chi connectivity index (χ1) is 8.81. The van der Waals surface area contributed by atoms with Crippen molar-refractivity contribution >= 4 is 17.3 Å². The van der Waals surface area contributed by atoms with Gasteiger partial charge in [0, 0.05) is 56.5 Å². The van der Waals surface area contributed by atoms with Crippen molar-refractivity contribution in [3.8, 4) is 0 Å². The van der Waals surface area contributed by atoms with E-state index < -0.39 is 0 Å². The van der Waals surface area contributed by atoms with Crippen LogP contribution in [0.5, 0.6) is 0 Å². The molecule has 0 spiro atoms. The van der Waals surface area contributed by atoms with Gasteiger partial charge in [-0.05, 0) is 24.1 Å². The summed E-state index contributed by atoms with van der Waals surface area (Å²) in [5.74, 6) is 0.878. The van der Waals surface area contributed by atoms with E-state index in [4.69, 9.17) is 11.6 Å². The van der Waals surface area contributed by atoms with Crippen LogP contribution in [0.1, 0.15) is 0 Å². The molecular formula is C14H20ClN3. The molecule has 3 nitrogen and oxygen atoms in total. The first kappa shape index (κ1) is 12.3. The summed E-state index contributed by atoms with van der Waals surface area (Å²) in [6.45, 7) is 8.23. The molecule has 2 fully saturated rings. The summed E-state index contributed by atoms with van der Waals surface area (Å²) in [6.07, 6.45) is 0. The summed E-state index contributed by atoms with van der Waals surface area (Å²) in [4.78, 5) is 5.02. The Hall–Kier alpha value is -0.770. The van der Waals surface area contributed by atoms with Crippen LogP contribution in [0.25, 0.3) is 0 Å². The van der Waals surface area contributed by atoms with E-state index in [1.54, 1.807) is 0 Å². The maximum atomic E-state index is 6.04. The number of rotatable bonds is 3. The Morgan fingerprint density at radius 1 is 1.17 bits per heavy atom. The summed E-state index contributed by atoms with van der Waals surface area (Å²) in [5.41, 5.74) is 1.26. The SMILES string of the molecule is Clc1cccc(N2CCN(CC3CNC3)CC2)c1. The Balaban J connectivity index is 1.53. The molecule has 0 aromatic heterocycles. The molecule has 2 aliphatic rings. The van der Waals surface area contributed by atoms with Gasteiger partial charge >= 0.3 is 0 Å². The van der Waals surface area contributed by atoms with Crippen LogP contribution in [0, 0.1) is 5.92 Å². The molecule has 0 amide bonds. The van der Waals surface area contributed by atoms with E-state index in [2.05, 4.69) is 27.2 Å². The van der Waals surface area contributed by atoms with E-state index in [1.807, 2.05) is 12.1 Å². The highest BCUT2D eigenvalue weighted by Gasteiger charge is 2.23. The zero-order valence-electron chi connectivity index (χ0n) is 10.6. The summed E-state index contributed by atoms with van der Waals surface area (Å²) >= 11 is 6.04. The van der Waals surface area contributed by atoms with E-state index in [0.717, 1.165) is 24.0 Å². The van der Waals surface area contributed by atoms with Gasteiger partial charge in [0.2, 0.25) is 0 Å². The van der Waals surface area contributed by atoms with Crippen molar-refractivity contribution in [2.24, 2.45) is 5.92 Å². The number of halogens is 1. The van der Waals surface area contributed by atoms with Gasteiger partial charge in [-0.15, -0.1) is 0 Å². The lowest BCUT2D eigenvalue weighted by atomic mass is 10.0. The Morgan fingerprint density at radius 2 is 1.94 bits per heavy atom. The lowest BCUT2D eigenvalue weighted by Crippen LogP contribution is -2.53. The summed E-state index contributed by atoms with van der Waals surface area (Å²) in [5, 5.41) is 4.17. The Bertz CT molecular complexity index is 398.